The van der Waals surface area contributed by atoms with Crippen LogP contribution in [0.2, 0.25) is 0 Å². The Morgan fingerprint density at radius 2 is 1.95 bits per heavy atom. The molecule has 20 heavy (non-hydrogen) atoms. The number of hydrogen-bond acceptors (Lipinski definition) is 4. The summed E-state index contributed by atoms with van der Waals surface area (Å²) in [6.07, 6.45) is 3.34. The second kappa shape index (κ2) is 8.53. The Balaban J connectivity index is 2.78. The number of carbonyl (C=O) groups is 2. The number of halogens is 1. The molecule has 108 valence electrons. The lowest BCUT2D eigenvalue weighted by Gasteiger charge is -2.13. The van der Waals surface area contributed by atoms with Gasteiger partial charge < -0.3 is 9.47 Å². The minimum Gasteiger partial charge on any atom is -0.469 e. The summed E-state index contributed by atoms with van der Waals surface area (Å²) in [7, 11) is 1.35. The van der Waals surface area contributed by atoms with Gasteiger partial charge in [-0.05, 0) is 31.0 Å². The number of methoxy groups -OCH3 is 1. The van der Waals surface area contributed by atoms with Crippen LogP contribution < -0.4 is 0 Å². The van der Waals surface area contributed by atoms with E-state index < -0.39 is 11.9 Å². The van der Waals surface area contributed by atoms with Crippen LogP contribution in [0.3, 0.4) is 0 Å². The quantitative estimate of drug-likeness (QED) is 0.589. The lowest BCUT2D eigenvalue weighted by atomic mass is 9.95. The summed E-state index contributed by atoms with van der Waals surface area (Å²) in [5.74, 6) is -1.17. The van der Waals surface area contributed by atoms with Crippen LogP contribution in [-0.4, -0.2) is 25.7 Å². The number of rotatable bonds is 6. The summed E-state index contributed by atoms with van der Waals surface area (Å²) >= 11 is 3.35. The van der Waals surface area contributed by atoms with Crippen LogP contribution in [0, 0.1) is 0 Å². The molecule has 0 bridgehead atoms. The van der Waals surface area contributed by atoms with Gasteiger partial charge in [0.1, 0.15) is 0 Å². The van der Waals surface area contributed by atoms with Crippen molar-refractivity contribution in [2.75, 3.05) is 13.7 Å². The largest absolute Gasteiger partial charge is 0.469 e. The lowest BCUT2D eigenvalue weighted by Crippen LogP contribution is -2.13. The highest BCUT2D eigenvalue weighted by atomic mass is 79.9. The summed E-state index contributed by atoms with van der Waals surface area (Å²) in [4.78, 5) is 23.0. The number of hydrogen-bond donors (Lipinski definition) is 0. The van der Waals surface area contributed by atoms with Crippen molar-refractivity contribution in [3.8, 4) is 0 Å². The summed E-state index contributed by atoms with van der Waals surface area (Å²) in [5.41, 5.74) is 0.841. The third-order valence-electron chi connectivity index (χ3n) is 2.67. The van der Waals surface area contributed by atoms with Gasteiger partial charge >= 0.3 is 11.9 Å². The molecule has 1 rings (SSSR count). The molecule has 1 aromatic carbocycles. The SMILES string of the molecule is CCOC(=O)/C=C/C[C@H](C(=O)OC)c1ccc(Br)cc1. The third-order valence-corrected chi connectivity index (χ3v) is 3.20. The molecule has 0 amide bonds. The van der Waals surface area contributed by atoms with Gasteiger partial charge in [-0.2, -0.15) is 0 Å². The van der Waals surface area contributed by atoms with E-state index in [1.807, 2.05) is 24.3 Å². The second-order valence-corrected chi connectivity index (χ2v) is 4.93. The Kier molecular flexibility index (Phi) is 7.01. The van der Waals surface area contributed by atoms with Crippen molar-refractivity contribution in [3.05, 3.63) is 46.5 Å². The molecule has 0 N–H and O–H groups in total. The fraction of sp³-hybridized carbons (Fsp3) is 0.333. The predicted molar refractivity (Wildman–Crippen MR) is 79.3 cm³/mol. The smallest absolute Gasteiger partial charge is 0.330 e. The van der Waals surface area contributed by atoms with Gasteiger partial charge in [-0.25, -0.2) is 4.79 Å². The molecule has 0 saturated carbocycles. The van der Waals surface area contributed by atoms with Crippen LogP contribution in [-0.2, 0) is 19.1 Å². The molecular formula is C15H17BrO4. The van der Waals surface area contributed by atoms with E-state index in [0.29, 0.717) is 13.0 Å². The van der Waals surface area contributed by atoms with Crippen LogP contribution >= 0.6 is 15.9 Å². The van der Waals surface area contributed by atoms with E-state index in [2.05, 4.69) is 15.9 Å². The van der Waals surface area contributed by atoms with E-state index in [9.17, 15) is 9.59 Å². The Labute approximate surface area is 126 Å². The van der Waals surface area contributed by atoms with E-state index in [1.54, 1.807) is 13.0 Å². The Morgan fingerprint density at radius 1 is 1.30 bits per heavy atom. The van der Waals surface area contributed by atoms with Crippen LogP contribution in [0.1, 0.15) is 24.8 Å². The molecule has 0 aromatic heterocycles. The maximum absolute atomic E-state index is 11.8. The number of ether oxygens (including phenoxy) is 2. The fourth-order valence-corrected chi connectivity index (χ4v) is 1.96. The van der Waals surface area contributed by atoms with Gasteiger partial charge in [-0.15, -0.1) is 0 Å². The number of carbonyl (C=O) groups excluding carboxylic acids is 2. The van der Waals surface area contributed by atoms with Crippen molar-refractivity contribution in [3.63, 3.8) is 0 Å². The monoisotopic (exact) mass is 340 g/mol. The van der Waals surface area contributed by atoms with Crippen LogP contribution in [0.4, 0.5) is 0 Å². The molecule has 0 saturated heterocycles. The Hall–Kier alpha value is -1.62. The molecule has 0 unspecified atom stereocenters. The highest BCUT2D eigenvalue weighted by Gasteiger charge is 2.20. The van der Waals surface area contributed by atoms with E-state index in [-0.39, 0.29) is 5.97 Å². The standard InChI is InChI=1S/C15H17BrO4/c1-3-20-14(17)6-4-5-13(15(18)19-2)11-7-9-12(16)10-8-11/h4,6-10,13H,3,5H2,1-2H3/b6-4+/t13-/m0/s1. The average molecular weight is 341 g/mol. The van der Waals surface area contributed by atoms with Crippen molar-refractivity contribution in [1.29, 1.82) is 0 Å². The molecular weight excluding hydrogens is 324 g/mol. The van der Waals surface area contributed by atoms with E-state index in [0.717, 1.165) is 10.0 Å². The highest BCUT2D eigenvalue weighted by molar-refractivity contribution is 9.10. The summed E-state index contributed by atoms with van der Waals surface area (Å²) in [5, 5.41) is 0. The van der Waals surface area contributed by atoms with Crippen LogP contribution in [0.5, 0.6) is 0 Å². The minimum atomic E-state index is -0.432. The molecule has 0 aliphatic heterocycles. The van der Waals surface area contributed by atoms with E-state index >= 15 is 0 Å². The molecule has 0 spiro atoms. The predicted octanol–water partition coefficient (Wildman–Crippen LogP) is 3.22. The van der Waals surface area contributed by atoms with Crippen molar-refractivity contribution in [2.24, 2.45) is 0 Å². The topological polar surface area (TPSA) is 52.6 Å². The van der Waals surface area contributed by atoms with E-state index in [1.165, 1.54) is 13.2 Å². The van der Waals surface area contributed by atoms with Gasteiger partial charge in [0, 0.05) is 10.5 Å². The molecule has 0 fully saturated rings. The zero-order valence-electron chi connectivity index (χ0n) is 11.5. The van der Waals surface area contributed by atoms with Crippen LogP contribution in [0.15, 0.2) is 40.9 Å². The molecule has 0 radical (unpaired) electrons. The molecule has 0 aliphatic carbocycles. The first-order chi connectivity index (χ1) is 9.58. The molecule has 0 aliphatic rings. The maximum atomic E-state index is 11.8. The zero-order valence-corrected chi connectivity index (χ0v) is 13.1. The summed E-state index contributed by atoms with van der Waals surface area (Å²) < 4.78 is 10.5. The number of benzene rings is 1. The average Bonchev–Trinajstić information content (AvgIpc) is 2.44. The van der Waals surface area contributed by atoms with Gasteiger partial charge in [0.15, 0.2) is 0 Å². The first kappa shape index (κ1) is 16.4. The molecule has 1 aromatic rings. The zero-order chi connectivity index (χ0) is 15.0. The molecule has 0 heterocycles. The van der Waals surface area contributed by atoms with Gasteiger partial charge in [-0.1, -0.05) is 34.1 Å². The Bertz CT molecular complexity index is 479. The molecule has 5 heteroatoms. The van der Waals surface area contributed by atoms with Crippen molar-refractivity contribution < 1.29 is 19.1 Å². The first-order valence-corrected chi connectivity index (χ1v) is 7.04. The molecule has 1 atom stereocenters. The van der Waals surface area contributed by atoms with E-state index in [4.69, 9.17) is 9.47 Å². The highest BCUT2D eigenvalue weighted by Crippen LogP contribution is 2.23. The van der Waals surface area contributed by atoms with Gasteiger partial charge in [-0.3, -0.25) is 4.79 Å². The summed E-state index contributed by atoms with van der Waals surface area (Å²) in [6, 6.07) is 7.43. The fourth-order valence-electron chi connectivity index (χ4n) is 1.70. The van der Waals surface area contributed by atoms with Gasteiger partial charge in [0.05, 0.1) is 19.6 Å². The van der Waals surface area contributed by atoms with Crippen molar-refractivity contribution in [1.82, 2.24) is 0 Å². The Morgan fingerprint density at radius 3 is 2.50 bits per heavy atom. The van der Waals surface area contributed by atoms with Crippen molar-refractivity contribution >= 4 is 27.9 Å². The minimum absolute atomic E-state index is 0.330. The lowest BCUT2D eigenvalue weighted by molar-refractivity contribution is -0.142. The molecule has 4 nitrogen and oxygen atoms in total. The first-order valence-electron chi connectivity index (χ1n) is 6.25. The number of allylic oxidation sites excluding steroid dienone is 1. The van der Waals surface area contributed by atoms with Gasteiger partial charge in [0.2, 0.25) is 0 Å². The normalized spacial score (nSPS) is 12.2. The van der Waals surface area contributed by atoms with Crippen molar-refractivity contribution in [2.45, 2.75) is 19.3 Å². The van der Waals surface area contributed by atoms with Crippen LogP contribution in [0.25, 0.3) is 0 Å². The number of esters is 2. The second-order valence-electron chi connectivity index (χ2n) is 4.02. The summed E-state index contributed by atoms with van der Waals surface area (Å²) in [6.45, 7) is 2.07. The third kappa shape index (κ3) is 5.17. The maximum Gasteiger partial charge on any atom is 0.330 e. The van der Waals surface area contributed by atoms with Gasteiger partial charge in [0.25, 0.3) is 0 Å².